The second-order valence-corrected chi connectivity index (χ2v) is 8.01. The van der Waals surface area contributed by atoms with E-state index in [0.29, 0.717) is 13.0 Å². The van der Waals surface area contributed by atoms with E-state index in [1.54, 1.807) is 0 Å². The molecule has 1 spiro atoms. The summed E-state index contributed by atoms with van der Waals surface area (Å²) in [6, 6.07) is -0.203. The Labute approximate surface area is 155 Å². The largest absolute Gasteiger partial charge is 0.338 e. The first kappa shape index (κ1) is 19.1. The van der Waals surface area contributed by atoms with Gasteiger partial charge in [-0.15, -0.1) is 0 Å². The van der Waals surface area contributed by atoms with E-state index in [9.17, 15) is 14.4 Å². The minimum Gasteiger partial charge on any atom is -0.338 e. The van der Waals surface area contributed by atoms with Crippen molar-refractivity contribution >= 4 is 17.8 Å². The zero-order valence-corrected chi connectivity index (χ0v) is 16.1. The van der Waals surface area contributed by atoms with Crippen molar-refractivity contribution < 1.29 is 14.4 Å². The quantitative estimate of drug-likeness (QED) is 0.724. The number of nitrogens with one attached hydrogen (secondary N) is 2. The molecule has 26 heavy (non-hydrogen) atoms. The maximum atomic E-state index is 13.1. The third kappa shape index (κ3) is 3.46. The molecule has 0 radical (unpaired) electrons. The minimum atomic E-state index is -0.792. The molecule has 2 saturated heterocycles. The number of rotatable bonds is 5. The van der Waals surface area contributed by atoms with Crippen LogP contribution in [0.4, 0.5) is 4.79 Å². The van der Waals surface area contributed by atoms with E-state index in [-0.39, 0.29) is 30.3 Å². The standard InChI is InChI=1S/C19H32N4O3/c1-3-12-22(15-7-10-20-11-8-15)16(24)13-23-17(25)19(21-18(23)26)9-5-4-6-14(19)2/h14-15,20H,3-13H2,1-2H3,(H,21,26). The molecule has 3 fully saturated rings. The van der Waals surface area contributed by atoms with E-state index < -0.39 is 11.6 Å². The number of hydrogen-bond acceptors (Lipinski definition) is 4. The van der Waals surface area contributed by atoms with Crippen LogP contribution in [0.2, 0.25) is 0 Å². The van der Waals surface area contributed by atoms with Crippen molar-refractivity contribution in [3.05, 3.63) is 0 Å². The highest BCUT2D eigenvalue weighted by Crippen LogP contribution is 2.38. The van der Waals surface area contributed by atoms with Crippen LogP contribution in [0.1, 0.15) is 58.8 Å². The van der Waals surface area contributed by atoms with Gasteiger partial charge < -0.3 is 15.5 Å². The Morgan fingerprint density at radius 3 is 2.62 bits per heavy atom. The van der Waals surface area contributed by atoms with Crippen LogP contribution in [-0.4, -0.2) is 65.4 Å². The van der Waals surface area contributed by atoms with Crippen LogP contribution in [0.5, 0.6) is 0 Å². The van der Waals surface area contributed by atoms with Gasteiger partial charge in [0.05, 0.1) is 0 Å². The lowest BCUT2D eigenvalue weighted by Crippen LogP contribution is -2.54. The first-order valence-electron chi connectivity index (χ1n) is 10.1. The Morgan fingerprint density at radius 2 is 1.96 bits per heavy atom. The van der Waals surface area contributed by atoms with E-state index in [1.807, 2.05) is 18.7 Å². The van der Waals surface area contributed by atoms with Gasteiger partial charge in [0.15, 0.2) is 0 Å². The van der Waals surface area contributed by atoms with Crippen LogP contribution in [0.25, 0.3) is 0 Å². The fourth-order valence-corrected chi connectivity index (χ4v) is 4.74. The molecule has 2 heterocycles. The Morgan fingerprint density at radius 1 is 1.23 bits per heavy atom. The molecule has 3 rings (SSSR count). The molecule has 2 N–H and O–H groups in total. The lowest BCUT2D eigenvalue weighted by Gasteiger charge is -2.37. The van der Waals surface area contributed by atoms with Crippen molar-refractivity contribution in [2.45, 2.75) is 70.4 Å². The molecule has 1 aliphatic carbocycles. The van der Waals surface area contributed by atoms with Crippen LogP contribution in [0.3, 0.4) is 0 Å². The molecular weight excluding hydrogens is 332 g/mol. The SMILES string of the molecule is CCCN(C(=O)CN1C(=O)NC2(CCCCC2C)C1=O)C1CCNCC1. The minimum absolute atomic E-state index is 0.109. The Balaban J connectivity index is 1.71. The molecule has 3 aliphatic rings. The maximum Gasteiger partial charge on any atom is 0.325 e. The summed E-state index contributed by atoms with van der Waals surface area (Å²) in [5, 5.41) is 6.25. The van der Waals surface area contributed by atoms with Gasteiger partial charge in [0, 0.05) is 12.6 Å². The molecule has 1 saturated carbocycles. The third-order valence-corrected chi connectivity index (χ3v) is 6.33. The van der Waals surface area contributed by atoms with Crippen molar-refractivity contribution in [2.75, 3.05) is 26.2 Å². The Kier molecular flexibility index (Phi) is 5.85. The summed E-state index contributed by atoms with van der Waals surface area (Å²) in [6.45, 7) is 6.43. The fourth-order valence-electron chi connectivity index (χ4n) is 4.74. The van der Waals surface area contributed by atoms with Gasteiger partial charge in [-0.25, -0.2) is 4.79 Å². The van der Waals surface area contributed by atoms with E-state index >= 15 is 0 Å². The van der Waals surface area contributed by atoms with Gasteiger partial charge in [-0.1, -0.05) is 26.7 Å². The van der Waals surface area contributed by atoms with Crippen LogP contribution in [0.15, 0.2) is 0 Å². The summed E-state index contributed by atoms with van der Waals surface area (Å²) < 4.78 is 0. The highest BCUT2D eigenvalue weighted by atomic mass is 16.2. The maximum absolute atomic E-state index is 13.1. The van der Waals surface area contributed by atoms with Crippen LogP contribution >= 0.6 is 0 Å². The molecule has 0 aromatic carbocycles. The number of piperidine rings is 1. The normalized spacial score (nSPS) is 29.9. The molecule has 2 aliphatic heterocycles. The second-order valence-electron chi connectivity index (χ2n) is 8.01. The molecule has 7 heteroatoms. The summed E-state index contributed by atoms with van der Waals surface area (Å²) in [6.07, 6.45) is 6.36. The average Bonchev–Trinajstić information content (AvgIpc) is 2.88. The lowest BCUT2D eigenvalue weighted by atomic mass is 9.73. The molecule has 0 aromatic heterocycles. The number of urea groups is 1. The monoisotopic (exact) mass is 364 g/mol. The summed E-state index contributed by atoms with van der Waals surface area (Å²) in [7, 11) is 0. The zero-order valence-electron chi connectivity index (χ0n) is 16.1. The summed E-state index contributed by atoms with van der Waals surface area (Å²) in [5.74, 6) is -0.198. The molecule has 146 valence electrons. The van der Waals surface area contributed by atoms with E-state index in [1.165, 1.54) is 0 Å². The highest BCUT2D eigenvalue weighted by Gasteiger charge is 2.55. The first-order chi connectivity index (χ1) is 12.5. The molecular formula is C19H32N4O3. The highest BCUT2D eigenvalue weighted by molar-refractivity contribution is 6.09. The number of hydrogen-bond donors (Lipinski definition) is 2. The van der Waals surface area contributed by atoms with Crippen LogP contribution in [-0.2, 0) is 9.59 Å². The predicted molar refractivity (Wildman–Crippen MR) is 98.5 cm³/mol. The summed E-state index contributed by atoms with van der Waals surface area (Å²) in [4.78, 5) is 41.6. The van der Waals surface area contributed by atoms with Gasteiger partial charge in [-0.3, -0.25) is 14.5 Å². The number of nitrogens with zero attached hydrogens (tertiary/aromatic N) is 2. The summed E-state index contributed by atoms with van der Waals surface area (Å²) in [5.41, 5.74) is -0.792. The Bertz CT molecular complexity index is 561. The molecule has 4 amide bonds. The van der Waals surface area contributed by atoms with E-state index in [2.05, 4.69) is 10.6 Å². The smallest absolute Gasteiger partial charge is 0.325 e. The molecule has 7 nitrogen and oxygen atoms in total. The lowest BCUT2D eigenvalue weighted by molar-refractivity contribution is -0.142. The second kappa shape index (κ2) is 7.94. The first-order valence-corrected chi connectivity index (χ1v) is 10.1. The van der Waals surface area contributed by atoms with Crippen LogP contribution in [0, 0.1) is 5.92 Å². The van der Waals surface area contributed by atoms with Crippen molar-refractivity contribution in [3.63, 3.8) is 0 Å². The Hall–Kier alpha value is -1.63. The number of imide groups is 1. The van der Waals surface area contributed by atoms with Crippen LogP contribution < -0.4 is 10.6 Å². The van der Waals surface area contributed by atoms with Gasteiger partial charge in [0.2, 0.25) is 5.91 Å². The molecule has 2 atom stereocenters. The van der Waals surface area contributed by atoms with Crippen molar-refractivity contribution in [1.29, 1.82) is 0 Å². The van der Waals surface area contributed by atoms with Gasteiger partial charge in [-0.05, 0) is 51.1 Å². The van der Waals surface area contributed by atoms with Crippen molar-refractivity contribution in [3.8, 4) is 0 Å². The molecule has 0 aromatic rings. The molecule has 0 bridgehead atoms. The number of carbonyl (C=O) groups excluding carboxylic acids is 3. The number of carbonyl (C=O) groups is 3. The number of amides is 4. The summed E-state index contributed by atoms with van der Waals surface area (Å²) >= 11 is 0. The topological polar surface area (TPSA) is 81.8 Å². The van der Waals surface area contributed by atoms with E-state index in [0.717, 1.165) is 56.5 Å². The predicted octanol–water partition coefficient (Wildman–Crippen LogP) is 1.48. The van der Waals surface area contributed by atoms with Gasteiger partial charge in [-0.2, -0.15) is 0 Å². The van der Waals surface area contributed by atoms with Gasteiger partial charge in [0.25, 0.3) is 5.91 Å². The third-order valence-electron chi connectivity index (χ3n) is 6.33. The zero-order chi connectivity index (χ0) is 18.7. The molecule has 2 unspecified atom stereocenters. The average molecular weight is 364 g/mol. The van der Waals surface area contributed by atoms with Crippen molar-refractivity contribution in [1.82, 2.24) is 20.4 Å². The van der Waals surface area contributed by atoms with Gasteiger partial charge >= 0.3 is 6.03 Å². The van der Waals surface area contributed by atoms with Gasteiger partial charge in [0.1, 0.15) is 12.1 Å². The fraction of sp³-hybridized carbons (Fsp3) is 0.842. The van der Waals surface area contributed by atoms with Crippen molar-refractivity contribution in [2.24, 2.45) is 5.92 Å². The van der Waals surface area contributed by atoms with E-state index in [4.69, 9.17) is 0 Å².